The first kappa shape index (κ1) is 22.1. The average molecular weight is 458 g/mol. The van der Waals surface area contributed by atoms with Crippen LogP contribution in [0.3, 0.4) is 0 Å². The molecule has 5 aromatic rings. The third kappa shape index (κ3) is 4.53. The predicted octanol–water partition coefficient (Wildman–Crippen LogP) is 6.84. The molecule has 34 heavy (non-hydrogen) atoms. The highest BCUT2D eigenvalue weighted by Crippen LogP contribution is 2.40. The van der Waals surface area contributed by atoms with Gasteiger partial charge in [0, 0.05) is 19.8 Å². The summed E-state index contributed by atoms with van der Waals surface area (Å²) >= 11 is 0. The lowest BCUT2D eigenvalue weighted by Gasteiger charge is -2.23. The zero-order valence-corrected chi connectivity index (χ0v) is 20.5. The highest BCUT2D eigenvalue weighted by atomic mass is 31.1. The van der Waals surface area contributed by atoms with Crippen molar-refractivity contribution in [3.63, 3.8) is 0 Å². The van der Waals surface area contributed by atoms with Crippen molar-refractivity contribution in [3.05, 3.63) is 133 Å². The Morgan fingerprint density at radius 3 is 1.47 bits per heavy atom. The molecule has 0 aliphatic rings. The average Bonchev–Trinajstić information content (AvgIpc) is 2.90. The van der Waals surface area contributed by atoms with Crippen LogP contribution in [0.15, 0.2) is 133 Å². The molecule has 0 atom stereocenters. The van der Waals surface area contributed by atoms with Crippen molar-refractivity contribution in [2.24, 2.45) is 0 Å². The van der Waals surface area contributed by atoms with Crippen LogP contribution in [0.5, 0.6) is 0 Å². The third-order valence-electron chi connectivity index (χ3n) is 6.09. The maximum atomic E-state index is 2.31. The van der Waals surface area contributed by atoms with Crippen LogP contribution >= 0.6 is 7.92 Å². The maximum absolute atomic E-state index is 2.31. The summed E-state index contributed by atoms with van der Waals surface area (Å²) in [5.41, 5.74) is 6.28. The minimum atomic E-state index is -0.692. The first-order chi connectivity index (χ1) is 16.7. The van der Waals surface area contributed by atoms with E-state index in [0.29, 0.717) is 0 Å². The van der Waals surface area contributed by atoms with E-state index in [0.717, 1.165) is 0 Å². The second-order valence-corrected chi connectivity index (χ2v) is 10.7. The molecule has 0 saturated carbocycles. The highest BCUT2D eigenvalue weighted by molar-refractivity contribution is 7.80. The molecule has 1 nitrogen and oxygen atoms in total. The van der Waals surface area contributed by atoms with Gasteiger partial charge >= 0.3 is 0 Å². The van der Waals surface area contributed by atoms with Crippen LogP contribution in [-0.4, -0.2) is 14.1 Å². The van der Waals surface area contributed by atoms with Crippen molar-refractivity contribution >= 4 is 29.5 Å². The zero-order chi connectivity index (χ0) is 23.3. The molecule has 0 aromatic heterocycles. The smallest absolute Gasteiger partial charge is 0.0361 e. The van der Waals surface area contributed by atoms with Crippen molar-refractivity contribution < 1.29 is 0 Å². The van der Waals surface area contributed by atoms with Crippen molar-refractivity contribution in [1.29, 1.82) is 0 Å². The molecule has 0 amide bonds. The molecule has 166 valence electrons. The summed E-state index contributed by atoms with van der Waals surface area (Å²) in [6.45, 7) is 0. The lowest BCUT2D eigenvalue weighted by molar-refractivity contribution is 1.13. The maximum Gasteiger partial charge on any atom is 0.0361 e. The molecule has 0 aliphatic heterocycles. The molecule has 5 rings (SSSR count). The van der Waals surface area contributed by atoms with Crippen LogP contribution < -0.4 is 20.8 Å². The lowest BCUT2D eigenvalue weighted by Crippen LogP contribution is -2.22. The van der Waals surface area contributed by atoms with Crippen LogP contribution in [0.1, 0.15) is 0 Å². The molecule has 0 N–H and O–H groups in total. The van der Waals surface area contributed by atoms with Gasteiger partial charge in [-0.15, -0.1) is 0 Å². The van der Waals surface area contributed by atoms with Crippen LogP contribution in [-0.2, 0) is 0 Å². The monoisotopic (exact) mass is 457 g/mol. The number of anilines is 1. The van der Waals surface area contributed by atoms with E-state index >= 15 is 0 Å². The molecule has 5 aromatic carbocycles. The molecular formula is C32H28NP. The standard InChI is InChI=1S/C32H28NP/c1-33(2)26-23-21-25(22-24-26)29-17-9-10-18-30(29)31-19-11-12-20-32(31)34(27-13-5-3-6-14-27)28-15-7-4-8-16-28/h3-24H,1-2H3. The fourth-order valence-corrected chi connectivity index (χ4v) is 6.85. The largest absolute Gasteiger partial charge is 0.378 e. The van der Waals surface area contributed by atoms with Crippen molar-refractivity contribution in [2.75, 3.05) is 19.0 Å². The van der Waals surface area contributed by atoms with Gasteiger partial charge < -0.3 is 4.90 Å². The summed E-state index contributed by atoms with van der Waals surface area (Å²) in [5.74, 6) is 0. The second-order valence-electron chi connectivity index (χ2n) is 8.51. The topological polar surface area (TPSA) is 3.24 Å². The molecule has 0 radical (unpaired) electrons. The second kappa shape index (κ2) is 10.1. The number of benzene rings is 5. The van der Waals surface area contributed by atoms with Crippen LogP contribution in [0.25, 0.3) is 22.3 Å². The van der Waals surface area contributed by atoms with Crippen LogP contribution in [0.4, 0.5) is 5.69 Å². The first-order valence-electron chi connectivity index (χ1n) is 11.6. The predicted molar refractivity (Wildman–Crippen MR) is 150 cm³/mol. The van der Waals surface area contributed by atoms with E-state index in [1.165, 1.54) is 43.9 Å². The van der Waals surface area contributed by atoms with Gasteiger partial charge in [0.1, 0.15) is 0 Å². The van der Waals surface area contributed by atoms with Gasteiger partial charge in [-0.2, -0.15) is 0 Å². The molecule has 0 bridgehead atoms. The molecule has 0 saturated heterocycles. The van der Waals surface area contributed by atoms with Gasteiger partial charge in [0.15, 0.2) is 0 Å². The summed E-state index contributed by atoms with van der Waals surface area (Å²) in [4.78, 5) is 2.14. The van der Waals surface area contributed by atoms with Gasteiger partial charge in [0.25, 0.3) is 0 Å². The Bertz CT molecular complexity index is 1320. The molecule has 0 spiro atoms. The Labute approximate surface area is 204 Å². The Morgan fingerprint density at radius 2 is 0.912 bits per heavy atom. The minimum Gasteiger partial charge on any atom is -0.378 e. The van der Waals surface area contributed by atoms with E-state index in [1.54, 1.807) is 0 Å². The Morgan fingerprint density at radius 1 is 0.441 bits per heavy atom. The number of nitrogens with zero attached hydrogens (tertiary/aromatic N) is 1. The van der Waals surface area contributed by atoms with Crippen LogP contribution in [0.2, 0.25) is 0 Å². The van der Waals surface area contributed by atoms with E-state index in [2.05, 4.69) is 152 Å². The van der Waals surface area contributed by atoms with E-state index < -0.39 is 7.92 Å². The number of hydrogen-bond donors (Lipinski definition) is 0. The number of hydrogen-bond acceptors (Lipinski definition) is 1. The normalized spacial score (nSPS) is 10.9. The van der Waals surface area contributed by atoms with Crippen molar-refractivity contribution in [3.8, 4) is 22.3 Å². The molecule has 0 aliphatic carbocycles. The van der Waals surface area contributed by atoms with Gasteiger partial charge in [0.2, 0.25) is 0 Å². The van der Waals surface area contributed by atoms with Crippen LogP contribution in [0, 0.1) is 0 Å². The summed E-state index contributed by atoms with van der Waals surface area (Å²) in [6.07, 6.45) is 0. The minimum absolute atomic E-state index is 0.692. The molecular weight excluding hydrogens is 429 g/mol. The van der Waals surface area contributed by atoms with Gasteiger partial charge in [-0.3, -0.25) is 0 Å². The van der Waals surface area contributed by atoms with E-state index in [4.69, 9.17) is 0 Å². The molecule has 2 heteroatoms. The summed E-state index contributed by atoms with van der Waals surface area (Å²) in [5, 5.41) is 4.11. The Hall–Kier alpha value is -3.67. The van der Waals surface area contributed by atoms with E-state index in [9.17, 15) is 0 Å². The Balaban J connectivity index is 1.68. The first-order valence-corrected chi connectivity index (χ1v) is 12.9. The van der Waals surface area contributed by atoms with Gasteiger partial charge in [-0.25, -0.2) is 0 Å². The van der Waals surface area contributed by atoms with Gasteiger partial charge in [-0.05, 0) is 58.2 Å². The molecule has 0 heterocycles. The SMILES string of the molecule is CN(C)c1ccc(-c2ccccc2-c2ccccc2P(c2ccccc2)c2ccccc2)cc1. The lowest BCUT2D eigenvalue weighted by atomic mass is 9.94. The number of rotatable bonds is 6. The molecule has 0 fully saturated rings. The summed E-state index contributed by atoms with van der Waals surface area (Å²) < 4.78 is 0. The fourth-order valence-electron chi connectivity index (χ4n) is 4.39. The van der Waals surface area contributed by atoms with Gasteiger partial charge in [0.05, 0.1) is 0 Å². The fraction of sp³-hybridized carbons (Fsp3) is 0.0625. The van der Waals surface area contributed by atoms with E-state index in [1.807, 2.05) is 0 Å². The van der Waals surface area contributed by atoms with Gasteiger partial charge in [-0.1, -0.05) is 121 Å². The van der Waals surface area contributed by atoms with Crippen molar-refractivity contribution in [1.82, 2.24) is 0 Å². The third-order valence-corrected chi connectivity index (χ3v) is 8.59. The van der Waals surface area contributed by atoms with E-state index in [-0.39, 0.29) is 0 Å². The quantitative estimate of drug-likeness (QED) is 0.252. The summed E-state index contributed by atoms with van der Waals surface area (Å²) in [6, 6.07) is 48.4. The summed E-state index contributed by atoms with van der Waals surface area (Å²) in [7, 11) is 3.46. The zero-order valence-electron chi connectivity index (χ0n) is 19.6. The Kier molecular flexibility index (Phi) is 6.56. The highest BCUT2D eigenvalue weighted by Gasteiger charge is 2.21. The van der Waals surface area contributed by atoms with Crippen molar-refractivity contribution in [2.45, 2.75) is 0 Å². The molecule has 0 unspecified atom stereocenters.